The molecule has 1 N–H and O–H groups in total. The highest BCUT2D eigenvalue weighted by molar-refractivity contribution is 5.96. The van der Waals surface area contributed by atoms with E-state index in [1.165, 1.54) is 6.07 Å². The number of hydrogen-bond donors (Lipinski definition) is 1. The number of carbonyl (C=O) groups excluding carboxylic acids is 1. The zero-order chi connectivity index (χ0) is 13.6. The molecule has 1 aromatic rings. The van der Waals surface area contributed by atoms with Crippen LogP contribution in [-0.2, 0) is 11.0 Å². The van der Waals surface area contributed by atoms with Crippen molar-refractivity contribution in [2.75, 3.05) is 11.9 Å². The van der Waals surface area contributed by atoms with Gasteiger partial charge in [-0.05, 0) is 32.0 Å². The molecule has 1 heterocycles. The van der Waals surface area contributed by atoms with Crippen LogP contribution in [0, 0.1) is 5.41 Å². The number of alkyl halides is 3. The van der Waals surface area contributed by atoms with Gasteiger partial charge >= 0.3 is 6.18 Å². The lowest BCUT2D eigenvalue weighted by Gasteiger charge is -2.18. The van der Waals surface area contributed by atoms with Crippen LogP contribution in [0.4, 0.5) is 18.9 Å². The number of nitrogens with one attached hydrogen (secondary N) is 1. The number of rotatable bonds is 0. The second kappa shape index (κ2) is 3.90. The zero-order valence-electron chi connectivity index (χ0n) is 9.89. The quantitative estimate of drug-likeness (QED) is 0.777. The van der Waals surface area contributed by atoms with Crippen LogP contribution in [0.25, 0.3) is 0 Å². The Labute approximate surface area is 102 Å². The molecule has 0 saturated heterocycles. The number of carbonyl (C=O) groups is 1. The van der Waals surface area contributed by atoms with E-state index in [-0.39, 0.29) is 24.0 Å². The Hall–Kier alpha value is -1.72. The summed E-state index contributed by atoms with van der Waals surface area (Å²) in [7, 11) is 0. The Morgan fingerprint density at radius 2 is 2.00 bits per heavy atom. The van der Waals surface area contributed by atoms with E-state index in [9.17, 15) is 18.0 Å². The van der Waals surface area contributed by atoms with E-state index in [0.29, 0.717) is 0 Å². The van der Waals surface area contributed by atoms with Crippen LogP contribution in [-0.4, -0.2) is 12.5 Å². The van der Waals surface area contributed by atoms with Gasteiger partial charge in [0.25, 0.3) is 0 Å². The Morgan fingerprint density at radius 3 is 2.61 bits per heavy atom. The standard InChI is InChI=1S/C12H12F3NO2/c1-11(2)6-18-9-5-7(12(13,14)15)3-4-8(9)16-10(11)17/h3-5H,6H2,1-2H3,(H,16,17). The maximum atomic E-state index is 12.5. The molecule has 0 spiro atoms. The van der Waals surface area contributed by atoms with Crippen LogP contribution in [0.3, 0.4) is 0 Å². The van der Waals surface area contributed by atoms with Crippen molar-refractivity contribution in [1.29, 1.82) is 0 Å². The molecule has 3 nitrogen and oxygen atoms in total. The number of halogens is 3. The molecule has 98 valence electrons. The van der Waals surface area contributed by atoms with Crippen molar-refractivity contribution in [3.05, 3.63) is 23.8 Å². The van der Waals surface area contributed by atoms with Gasteiger partial charge in [0.05, 0.1) is 16.7 Å². The summed E-state index contributed by atoms with van der Waals surface area (Å²) in [6, 6.07) is 3.02. The van der Waals surface area contributed by atoms with Gasteiger partial charge in [-0.15, -0.1) is 0 Å². The number of anilines is 1. The van der Waals surface area contributed by atoms with Crippen LogP contribution >= 0.6 is 0 Å². The molecule has 0 bridgehead atoms. The lowest BCUT2D eigenvalue weighted by molar-refractivity contribution is -0.137. The molecule has 6 heteroatoms. The number of benzene rings is 1. The van der Waals surface area contributed by atoms with Crippen molar-refractivity contribution in [3.63, 3.8) is 0 Å². The summed E-state index contributed by atoms with van der Waals surface area (Å²) >= 11 is 0. The largest absolute Gasteiger partial charge is 0.490 e. The average molecular weight is 259 g/mol. The fourth-order valence-electron chi connectivity index (χ4n) is 1.54. The van der Waals surface area contributed by atoms with Gasteiger partial charge in [0.15, 0.2) is 0 Å². The Morgan fingerprint density at radius 1 is 1.33 bits per heavy atom. The Balaban J connectivity index is 2.40. The molecule has 0 atom stereocenters. The van der Waals surface area contributed by atoms with Gasteiger partial charge in [-0.3, -0.25) is 4.79 Å². The van der Waals surface area contributed by atoms with Gasteiger partial charge in [-0.2, -0.15) is 13.2 Å². The number of amides is 1. The minimum Gasteiger partial charge on any atom is -0.490 e. The SMILES string of the molecule is CC1(C)COc2cc(C(F)(F)F)ccc2NC1=O. The Kier molecular flexibility index (Phi) is 2.76. The minimum absolute atomic E-state index is 0.0349. The lowest BCUT2D eigenvalue weighted by Crippen LogP contribution is -2.33. The molecular weight excluding hydrogens is 247 g/mol. The van der Waals surface area contributed by atoms with E-state index in [2.05, 4.69) is 5.32 Å². The topological polar surface area (TPSA) is 38.3 Å². The first kappa shape index (κ1) is 12.7. The van der Waals surface area contributed by atoms with Gasteiger partial charge in [0.2, 0.25) is 5.91 Å². The van der Waals surface area contributed by atoms with E-state index in [0.717, 1.165) is 12.1 Å². The van der Waals surface area contributed by atoms with E-state index >= 15 is 0 Å². The van der Waals surface area contributed by atoms with Gasteiger partial charge in [0, 0.05) is 0 Å². The molecule has 0 aromatic heterocycles. The van der Waals surface area contributed by atoms with Crippen molar-refractivity contribution in [2.45, 2.75) is 20.0 Å². The molecule has 1 aromatic carbocycles. The summed E-state index contributed by atoms with van der Waals surface area (Å²) in [6.07, 6.45) is -4.43. The summed E-state index contributed by atoms with van der Waals surface area (Å²) in [5.74, 6) is -0.232. The van der Waals surface area contributed by atoms with Crippen molar-refractivity contribution < 1.29 is 22.7 Å². The predicted octanol–water partition coefficient (Wildman–Crippen LogP) is 3.06. The Bertz CT molecular complexity index is 495. The normalized spacial score (nSPS) is 18.4. The highest BCUT2D eigenvalue weighted by Gasteiger charge is 2.35. The van der Waals surface area contributed by atoms with E-state index in [4.69, 9.17) is 4.74 Å². The van der Waals surface area contributed by atoms with Crippen molar-refractivity contribution in [2.24, 2.45) is 5.41 Å². The lowest BCUT2D eigenvalue weighted by atomic mass is 9.94. The van der Waals surface area contributed by atoms with Crippen molar-refractivity contribution in [3.8, 4) is 5.75 Å². The average Bonchev–Trinajstić information content (AvgIpc) is 2.35. The summed E-state index contributed by atoms with van der Waals surface area (Å²) in [4.78, 5) is 11.8. The first-order valence-corrected chi connectivity index (χ1v) is 5.36. The fourth-order valence-corrected chi connectivity index (χ4v) is 1.54. The molecule has 18 heavy (non-hydrogen) atoms. The third-order valence-corrected chi connectivity index (χ3v) is 2.76. The van der Waals surface area contributed by atoms with Crippen LogP contribution in [0.15, 0.2) is 18.2 Å². The number of ether oxygens (including phenoxy) is 1. The van der Waals surface area contributed by atoms with Crippen LogP contribution < -0.4 is 10.1 Å². The maximum Gasteiger partial charge on any atom is 0.416 e. The third kappa shape index (κ3) is 2.27. The first-order chi connectivity index (χ1) is 8.20. The molecule has 0 fully saturated rings. The van der Waals surface area contributed by atoms with E-state index < -0.39 is 17.2 Å². The summed E-state index contributed by atoms with van der Waals surface area (Å²) in [5, 5.41) is 2.56. The number of fused-ring (bicyclic) bond motifs is 1. The molecule has 0 saturated carbocycles. The van der Waals surface area contributed by atoms with Gasteiger partial charge in [0.1, 0.15) is 12.4 Å². The maximum absolute atomic E-state index is 12.5. The van der Waals surface area contributed by atoms with Crippen LogP contribution in [0.2, 0.25) is 0 Å². The molecule has 1 aliphatic rings. The fraction of sp³-hybridized carbons (Fsp3) is 0.417. The highest BCUT2D eigenvalue weighted by atomic mass is 19.4. The third-order valence-electron chi connectivity index (χ3n) is 2.76. The second-order valence-electron chi connectivity index (χ2n) is 4.84. The zero-order valence-corrected chi connectivity index (χ0v) is 9.89. The molecule has 0 unspecified atom stereocenters. The van der Waals surface area contributed by atoms with Crippen molar-refractivity contribution >= 4 is 11.6 Å². The van der Waals surface area contributed by atoms with Crippen molar-refractivity contribution in [1.82, 2.24) is 0 Å². The van der Waals surface area contributed by atoms with Gasteiger partial charge in [-0.1, -0.05) is 0 Å². The summed E-state index contributed by atoms with van der Waals surface area (Å²) < 4.78 is 42.9. The van der Waals surface area contributed by atoms with Crippen LogP contribution in [0.1, 0.15) is 19.4 Å². The van der Waals surface area contributed by atoms with Gasteiger partial charge < -0.3 is 10.1 Å². The molecule has 1 amide bonds. The summed E-state index contributed by atoms with van der Waals surface area (Å²) in [6.45, 7) is 3.37. The highest BCUT2D eigenvalue weighted by Crippen LogP contribution is 2.37. The van der Waals surface area contributed by atoms with Gasteiger partial charge in [-0.25, -0.2) is 0 Å². The first-order valence-electron chi connectivity index (χ1n) is 5.36. The molecular formula is C12H12F3NO2. The molecule has 1 aliphatic heterocycles. The molecule has 0 aliphatic carbocycles. The molecule has 2 rings (SSSR count). The minimum atomic E-state index is -4.43. The summed E-state index contributed by atoms with van der Waals surface area (Å²) in [5.41, 5.74) is -1.31. The van der Waals surface area contributed by atoms with Crippen LogP contribution in [0.5, 0.6) is 5.75 Å². The number of hydrogen-bond acceptors (Lipinski definition) is 2. The monoisotopic (exact) mass is 259 g/mol. The smallest absolute Gasteiger partial charge is 0.416 e. The second-order valence-corrected chi connectivity index (χ2v) is 4.84. The van der Waals surface area contributed by atoms with E-state index in [1.807, 2.05) is 0 Å². The molecule has 0 radical (unpaired) electrons. The predicted molar refractivity (Wildman–Crippen MR) is 59.3 cm³/mol. The van der Waals surface area contributed by atoms with E-state index in [1.54, 1.807) is 13.8 Å².